The molecule has 0 atom stereocenters. The largest absolute Gasteiger partial charge is 0.341 e. The Morgan fingerprint density at radius 2 is 2.31 bits per heavy atom. The molecule has 1 saturated carbocycles. The van der Waals surface area contributed by atoms with Crippen LogP contribution in [0.5, 0.6) is 0 Å². The molecule has 1 saturated heterocycles. The van der Waals surface area contributed by atoms with Crippen molar-refractivity contribution in [2.75, 3.05) is 13.2 Å². The topological polar surface area (TPSA) is 41.6 Å². The summed E-state index contributed by atoms with van der Waals surface area (Å²) >= 11 is 0. The van der Waals surface area contributed by atoms with Crippen LogP contribution in [0.3, 0.4) is 0 Å². The van der Waals surface area contributed by atoms with Crippen molar-refractivity contribution in [3.8, 4) is 0 Å². The first-order valence-electron chi connectivity index (χ1n) is 4.96. The first-order valence-corrected chi connectivity index (χ1v) is 4.96. The fourth-order valence-corrected chi connectivity index (χ4v) is 1.87. The molecular formula is C9H16N2O2. The SMILES string of the molecule is CC1CC(NC(=O)N2CCCO2)C1. The molecule has 2 fully saturated rings. The molecule has 1 N–H and O–H groups in total. The van der Waals surface area contributed by atoms with Crippen LogP contribution >= 0.6 is 0 Å². The van der Waals surface area contributed by atoms with E-state index in [1.54, 1.807) is 0 Å². The van der Waals surface area contributed by atoms with Gasteiger partial charge in [0.1, 0.15) is 0 Å². The van der Waals surface area contributed by atoms with Crippen LogP contribution in [0.15, 0.2) is 0 Å². The Morgan fingerprint density at radius 1 is 1.54 bits per heavy atom. The van der Waals surface area contributed by atoms with Crippen LogP contribution in [0.25, 0.3) is 0 Å². The van der Waals surface area contributed by atoms with Gasteiger partial charge in [0.25, 0.3) is 0 Å². The van der Waals surface area contributed by atoms with Crippen molar-refractivity contribution in [1.82, 2.24) is 10.4 Å². The fourth-order valence-electron chi connectivity index (χ4n) is 1.87. The third-order valence-corrected chi connectivity index (χ3v) is 2.68. The van der Waals surface area contributed by atoms with E-state index in [-0.39, 0.29) is 6.03 Å². The zero-order chi connectivity index (χ0) is 9.26. The van der Waals surface area contributed by atoms with E-state index in [1.807, 2.05) is 0 Å². The minimum atomic E-state index is -0.0607. The molecule has 0 radical (unpaired) electrons. The second-order valence-electron chi connectivity index (χ2n) is 4.01. The summed E-state index contributed by atoms with van der Waals surface area (Å²) in [6.07, 6.45) is 3.17. The summed E-state index contributed by atoms with van der Waals surface area (Å²) in [5.74, 6) is 0.768. The molecule has 0 aromatic heterocycles. The van der Waals surface area contributed by atoms with Gasteiger partial charge in [-0.3, -0.25) is 4.84 Å². The molecular weight excluding hydrogens is 168 g/mol. The summed E-state index contributed by atoms with van der Waals surface area (Å²) in [4.78, 5) is 16.6. The molecule has 2 rings (SSSR count). The molecule has 1 heterocycles. The molecule has 1 aliphatic carbocycles. The maximum Gasteiger partial charge on any atom is 0.341 e. The summed E-state index contributed by atoms with van der Waals surface area (Å²) in [7, 11) is 0. The Bertz CT molecular complexity index is 196. The van der Waals surface area contributed by atoms with Crippen molar-refractivity contribution in [3.63, 3.8) is 0 Å². The fraction of sp³-hybridized carbons (Fsp3) is 0.889. The van der Waals surface area contributed by atoms with Gasteiger partial charge in [-0.2, -0.15) is 0 Å². The van der Waals surface area contributed by atoms with Crippen LogP contribution in [0, 0.1) is 5.92 Å². The highest BCUT2D eigenvalue weighted by molar-refractivity contribution is 5.73. The summed E-state index contributed by atoms with van der Waals surface area (Å²) < 4.78 is 0. The standard InChI is InChI=1S/C9H16N2O2/c1-7-5-8(6-7)10-9(12)11-3-2-4-13-11/h7-8H,2-6H2,1H3,(H,10,12). The van der Waals surface area contributed by atoms with Crippen molar-refractivity contribution in [2.45, 2.75) is 32.2 Å². The number of hydroxylamine groups is 2. The average molecular weight is 184 g/mol. The summed E-state index contributed by atoms with van der Waals surface area (Å²) in [5, 5.41) is 4.38. The van der Waals surface area contributed by atoms with E-state index in [2.05, 4.69) is 12.2 Å². The molecule has 0 spiro atoms. The van der Waals surface area contributed by atoms with E-state index in [1.165, 1.54) is 5.06 Å². The number of carbonyl (C=O) groups is 1. The lowest BCUT2D eigenvalue weighted by Crippen LogP contribution is -2.48. The molecule has 0 aromatic rings. The lowest BCUT2D eigenvalue weighted by atomic mass is 9.82. The van der Waals surface area contributed by atoms with Crippen LogP contribution in [0.1, 0.15) is 26.2 Å². The van der Waals surface area contributed by atoms with Crippen LogP contribution in [0.4, 0.5) is 4.79 Å². The summed E-state index contributed by atoms with van der Waals surface area (Å²) in [5.41, 5.74) is 0. The van der Waals surface area contributed by atoms with Crippen molar-refractivity contribution < 1.29 is 9.63 Å². The predicted octanol–water partition coefficient (Wildman–Crippen LogP) is 1.13. The second kappa shape index (κ2) is 3.54. The molecule has 0 unspecified atom stereocenters. The molecule has 13 heavy (non-hydrogen) atoms. The van der Waals surface area contributed by atoms with Gasteiger partial charge in [0, 0.05) is 6.04 Å². The number of carbonyl (C=O) groups excluding carboxylic acids is 1. The maximum atomic E-state index is 11.4. The van der Waals surface area contributed by atoms with E-state index >= 15 is 0 Å². The van der Waals surface area contributed by atoms with E-state index < -0.39 is 0 Å². The average Bonchev–Trinajstić information content (AvgIpc) is 2.53. The number of urea groups is 1. The van der Waals surface area contributed by atoms with Gasteiger partial charge in [-0.1, -0.05) is 6.92 Å². The molecule has 2 amide bonds. The van der Waals surface area contributed by atoms with Crippen molar-refractivity contribution in [1.29, 1.82) is 0 Å². The summed E-state index contributed by atoms with van der Waals surface area (Å²) in [6.45, 7) is 3.61. The molecule has 2 aliphatic rings. The van der Waals surface area contributed by atoms with Gasteiger partial charge in [-0.05, 0) is 25.2 Å². The normalized spacial score (nSPS) is 32.8. The number of amides is 2. The van der Waals surface area contributed by atoms with Gasteiger partial charge in [0.2, 0.25) is 0 Å². The molecule has 4 heteroatoms. The van der Waals surface area contributed by atoms with E-state index in [4.69, 9.17) is 4.84 Å². The van der Waals surface area contributed by atoms with Gasteiger partial charge in [0.15, 0.2) is 0 Å². The van der Waals surface area contributed by atoms with Gasteiger partial charge in [-0.15, -0.1) is 0 Å². The van der Waals surface area contributed by atoms with E-state index in [0.717, 1.165) is 31.7 Å². The number of hydrogen-bond donors (Lipinski definition) is 1. The minimum absolute atomic E-state index is 0.0607. The lowest BCUT2D eigenvalue weighted by molar-refractivity contribution is -0.0681. The minimum Gasteiger partial charge on any atom is -0.333 e. The van der Waals surface area contributed by atoms with Crippen molar-refractivity contribution in [3.05, 3.63) is 0 Å². The van der Waals surface area contributed by atoms with E-state index in [9.17, 15) is 4.79 Å². The number of rotatable bonds is 1. The van der Waals surface area contributed by atoms with E-state index in [0.29, 0.717) is 12.6 Å². The van der Waals surface area contributed by atoms with Crippen LogP contribution < -0.4 is 5.32 Å². The summed E-state index contributed by atoms with van der Waals surface area (Å²) in [6, 6.07) is 0.320. The number of nitrogens with zero attached hydrogens (tertiary/aromatic N) is 1. The van der Waals surface area contributed by atoms with Gasteiger partial charge < -0.3 is 5.32 Å². The maximum absolute atomic E-state index is 11.4. The second-order valence-corrected chi connectivity index (χ2v) is 4.01. The third-order valence-electron chi connectivity index (χ3n) is 2.68. The zero-order valence-electron chi connectivity index (χ0n) is 7.95. The highest BCUT2D eigenvalue weighted by Crippen LogP contribution is 2.26. The smallest absolute Gasteiger partial charge is 0.333 e. The zero-order valence-corrected chi connectivity index (χ0v) is 7.95. The first kappa shape index (κ1) is 8.81. The Hall–Kier alpha value is -0.770. The van der Waals surface area contributed by atoms with Crippen molar-refractivity contribution >= 4 is 6.03 Å². The molecule has 0 bridgehead atoms. The Labute approximate surface area is 78.2 Å². The highest BCUT2D eigenvalue weighted by Gasteiger charge is 2.29. The van der Waals surface area contributed by atoms with Gasteiger partial charge in [0.05, 0.1) is 13.2 Å². The van der Waals surface area contributed by atoms with Gasteiger partial charge >= 0.3 is 6.03 Å². The number of hydrogen-bond acceptors (Lipinski definition) is 2. The first-order chi connectivity index (χ1) is 6.25. The van der Waals surface area contributed by atoms with Crippen molar-refractivity contribution in [2.24, 2.45) is 5.92 Å². The predicted molar refractivity (Wildman–Crippen MR) is 48.0 cm³/mol. The number of nitrogens with one attached hydrogen (secondary N) is 1. The van der Waals surface area contributed by atoms with Crippen LogP contribution in [-0.2, 0) is 4.84 Å². The Kier molecular flexibility index (Phi) is 2.40. The quantitative estimate of drug-likeness (QED) is 0.663. The molecule has 74 valence electrons. The Balaban J connectivity index is 1.72. The van der Waals surface area contributed by atoms with Crippen LogP contribution in [0.2, 0.25) is 0 Å². The Morgan fingerprint density at radius 3 is 2.85 bits per heavy atom. The monoisotopic (exact) mass is 184 g/mol. The molecule has 0 aromatic carbocycles. The highest BCUT2D eigenvalue weighted by atomic mass is 16.7. The van der Waals surface area contributed by atoms with Gasteiger partial charge in [-0.25, -0.2) is 9.86 Å². The third kappa shape index (κ3) is 1.94. The van der Waals surface area contributed by atoms with Crippen LogP contribution in [-0.4, -0.2) is 30.3 Å². The molecule has 4 nitrogen and oxygen atoms in total. The molecule has 1 aliphatic heterocycles. The lowest BCUT2D eigenvalue weighted by Gasteiger charge is -2.34.